The van der Waals surface area contributed by atoms with Crippen molar-refractivity contribution in [3.05, 3.63) is 52.1 Å². The van der Waals surface area contributed by atoms with Crippen LogP contribution in [0.3, 0.4) is 0 Å². The summed E-state index contributed by atoms with van der Waals surface area (Å²) < 4.78 is 17.2. The SMILES string of the molecule is COc1cc(Nc2ncc3c(n2)-c2cc(Br)ccc2CC3)cc(OC)c1OC. The molecule has 1 N–H and O–H groups in total. The Morgan fingerprint density at radius 2 is 1.64 bits per heavy atom. The molecule has 1 aliphatic rings. The van der Waals surface area contributed by atoms with Crippen molar-refractivity contribution in [2.45, 2.75) is 12.8 Å². The number of ether oxygens (including phenoxy) is 3. The van der Waals surface area contributed by atoms with Crippen LogP contribution in [0.15, 0.2) is 41.0 Å². The molecule has 0 aliphatic heterocycles. The fraction of sp³-hybridized carbons (Fsp3) is 0.238. The number of halogens is 1. The molecule has 0 saturated carbocycles. The molecule has 0 spiro atoms. The van der Waals surface area contributed by atoms with Crippen LogP contribution in [0.1, 0.15) is 11.1 Å². The Kier molecular flexibility index (Phi) is 5.09. The number of methoxy groups -OCH3 is 3. The molecule has 0 atom stereocenters. The molecule has 2 aromatic carbocycles. The Hall–Kier alpha value is -2.80. The Balaban J connectivity index is 1.72. The van der Waals surface area contributed by atoms with Gasteiger partial charge in [0.15, 0.2) is 11.5 Å². The Bertz CT molecular complexity index is 1010. The quantitative estimate of drug-likeness (QED) is 0.614. The highest BCUT2D eigenvalue weighted by Gasteiger charge is 2.19. The number of aryl methyl sites for hydroxylation is 2. The lowest BCUT2D eigenvalue weighted by molar-refractivity contribution is 0.324. The number of aromatic nitrogens is 2. The van der Waals surface area contributed by atoms with Crippen LogP contribution in [-0.2, 0) is 12.8 Å². The van der Waals surface area contributed by atoms with Crippen LogP contribution in [0.4, 0.5) is 11.6 Å². The van der Waals surface area contributed by atoms with Crippen molar-refractivity contribution >= 4 is 27.6 Å². The molecule has 0 fully saturated rings. The van der Waals surface area contributed by atoms with Crippen LogP contribution in [0.5, 0.6) is 17.2 Å². The number of benzene rings is 2. The molecule has 1 aliphatic carbocycles. The van der Waals surface area contributed by atoms with Gasteiger partial charge in [0, 0.05) is 34.1 Å². The van der Waals surface area contributed by atoms with E-state index in [1.54, 1.807) is 21.3 Å². The minimum Gasteiger partial charge on any atom is -0.493 e. The normalized spacial score (nSPS) is 12.0. The molecule has 0 radical (unpaired) electrons. The predicted molar refractivity (Wildman–Crippen MR) is 112 cm³/mol. The first kappa shape index (κ1) is 18.6. The van der Waals surface area contributed by atoms with Gasteiger partial charge in [-0.25, -0.2) is 9.97 Å². The number of rotatable bonds is 5. The summed E-state index contributed by atoms with van der Waals surface area (Å²) in [4.78, 5) is 9.28. The molecule has 1 heterocycles. The monoisotopic (exact) mass is 441 g/mol. The third-order valence-corrected chi connectivity index (χ3v) is 5.27. The standard InChI is InChI=1S/C21H20BrN3O3/c1-26-17-9-15(10-18(27-2)20(17)28-3)24-21-23-11-13-5-4-12-6-7-14(22)8-16(12)19(13)25-21/h6-11H,4-5H2,1-3H3,(H,23,24,25). The van der Waals surface area contributed by atoms with Gasteiger partial charge in [-0.15, -0.1) is 0 Å². The Morgan fingerprint density at radius 3 is 2.32 bits per heavy atom. The highest BCUT2D eigenvalue weighted by Crippen LogP contribution is 2.41. The van der Waals surface area contributed by atoms with Gasteiger partial charge in [-0.2, -0.15) is 0 Å². The molecule has 144 valence electrons. The smallest absolute Gasteiger partial charge is 0.227 e. The van der Waals surface area contributed by atoms with E-state index in [0.29, 0.717) is 23.2 Å². The van der Waals surface area contributed by atoms with Gasteiger partial charge in [0.2, 0.25) is 11.7 Å². The number of hydrogen-bond donors (Lipinski definition) is 1. The summed E-state index contributed by atoms with van der Waals surface area (Å²) in [6.07, 6.45) is 3.83. The van der Waals surface area contributed by atoms with Crippen molar-refractivity contribution in [3.8, 4) is 28.5 Å². The second-order valence-electron chi connectivity index (χ2n) is 6.41. The zero-order valence-electron chi connectivity index (χ0n) is 15.9. The molecule has 28 heavy (non-hydrogen) atoms. The van der Waals surface area contributed by atoms with Gasteiger partial charge in [-0.1, -0.05) is 22.0 Å². The Morgan fingerprint density at radius 1 is 0.929 bits per heavy atom. The van der Waals surface area contributed by atoms with Gasteiger partial charge in [-0.3, -0.25) is 0 Å². The number of fused-ring (bicyclic) bond motifs is 3. The molecule has 3 aromatic rings. The third kappa shape index (κ3) is 3.38. The van der Waals surface area contributed by atoms with E-state index in [4.69, 9.17) is 19.2 Å². The summed E-state index contributed by atoms with van der Waals surface area (Å²) in [5, 5.41) is 3.25. The van der Waals surface area contributed by atoms with E-state index < -0.39 is 0 Å². The summed E-state index contributed by atoms with van der Waals surface area (Å²) >= 11 is 3.56. The summed E-state index contributed by atoms with van der Waals surface area (Å²) in [5.41, 5.74) is 5.31. The van der Waals surface area contributed by atoms with Crippen molar-refractivity contribution in [2.75, 3.05) is 26.6 Å². The van der Waals surface area contributed by atoms with E-state index >= 15 is 0 Å². The summed E-state index contributed by atoms with van der Waals surface area (Å²) in [6, 6.07) is 9.99. The van der Waals surface area contributed by atoms with E-state index in [1.807, 2.05) is 18.3 Å². The van der Waals surface area contributed by atoms with Crippen molar-refractivity contribution in [3.63, 3.8) is 0 Å². The molecular weight excluding hydrogens is 422 g/mol. The molecule has 6 nitrogen and oxygen atoms in total. The average molecular weight is 442 g/mol. The number of nitrogens with zero attached hydrogens (tertiary/aromatic N) is 2. The molecule has 7 heteroatoms. The maximum absolute atomic E-state index is 5.42. The molecular formula is C21H20BrN3O3. The van der Waals surface area contributed by atoms with Crippen LogP contribution in [0, 0.1) is 0 Å². The van der Waals surface area contributed by atoms with Gasteiger partial charge in [0.05, 0.1) is 27.0 Å². The summed E-state index contributed by atoms with van der Waals surface area (Å²) in [7, 11) is 4.76. The van der Waals surface area contributed by atoms with E-state index in [0.717, 1.165) is 39.8 Å². The first-order valence-corrected chi connectivity index (χ1v) is 9.64. The predicted octanol–water partition coefficient (Wildman–Crippen LogP) is 4.77. The second kappa shape index (κ2) is 7.67. The topological polar surface area (TPSA) is 65.5 Å². The zero-order valence-corrected chi connectivity index (χ0v) is 17.5. The van der Waals surface area contributed by atoms with Gasteiger partial charge < -0.3 is 19.5 Å². The molecule has 0 saturated heterocycles. The lowest BCUT2D eigenvalue weighted by Crippen LogP contribution is -2.09. The van der Waals surface area contributed by atoms with Gasteiger partial charge in [-0.05, 0) is 36.1 Å². The van der Waals surface area contributed by atoms with Crippen molar-refractivity contribution in [2.24, 2.45) is 0 Å². The van der Waals surface area contributed by atoms with Gasteiger partial charge >= 0.3 is 0 Å². The van der Waals surface area contributed by atoms with Crippen LogP contribution in [-0.4, -0.2) is 31.3 Å². The lowest BCUT2D eigenvalue weighted by Gasteiger charge is -2.20. The second-order valence-corrected chi connectivity index (χ2v) is 7.32. The zero-order chi connectivity index (χ0) is 19.7. The van der Waals surface area contributed by atoms with E-state index in [9.17, 15) is 0 Å². The van der Waals surface area contributed by atoms with Crippen LogP contribution in [0.2, 0.25) is 0 Å². The maximum atomic E-state index is 5.42. The van der Waals surface area contributed by atoms with Crippen molar-refractivity contribution in [1.29, 1.82) is 0 Å². The van der Waals surface area contributed by atoms with Crippen molar-refractivity contribution < 1.29 is 14.2 Å². The first-order chi connectivity index (χ1) is 13.6. The van der Waals surface area contributed by atoms with E-state index in [-0.39, 0.29) is 0 Å². The summed E-state index contributed by atoms with van der Waals surface area (Å²) in [5.74, 6) is 2.19. The minimum absolute atomic E-state index is 0.515. The average Bonchev–Trinajstić information content (AvgIpc) is 2.72. The minimum atomic E-state index is 0.515. The Labute approximate surface area is 172 Å². The van der Waals surface area contributed by atoms with Gasteiger partial charge in [0.25, 0.3) is 0 Å². The molecule has 0 bridgehead atoms. The highest BCUT2D eigenvalue weighted by molar-refractivity contribution is 9.10. The van der Waals surface area contributed by atoms with Crippen LogP contribution < -0.4 is 19.5 Å². The van der Waals surface area contributed by atoms with Crippen LogP contribution >= 0.6 is 15.9 Å². The van der Waals surface area contributed by atoms with Gasteiger partial charge in [0.1, 0.15) is 0 Å². The largest absolute Gasteiger partial charge is 0.493 e. The van der Waals surface area contributed by atoms with Crippen LogP contribution in [0.25, 0.3) is 11.3 Å². The van der Waals surface area contributed by atoms with Crippen molar-refractivity contribution in [1.82, 2.24) is 9.97 Å². The number of hydrogen-bond acceptors (Lipinski definition) is 6. The fourth-order valence-electron chi connectivity index (χ4n) is 3.42. The third-order valence-electron chi connectivity index (χ3n) is 4.78. The first-order valence-electron chi connectivity index (χ1n) is 8.84. The highest BCUT2D eigenvalue weighted by atomic mass is 79.9. The van der Waals surface area contributed by atoms with E-state index in [2.05, 4.69) is 44.4 Å². The molecule has 1 aromatic heterocycles. The number of anilines is 2. The number of nitrogens with one attached hydrogen (secondary N) is 1. The molecule has 0 unspecified atom stereocenters. The molecule has 4 rings (SSSR count). The molecule has 0 amide bonds. The summed E-state index contributed by atoms with van der Waals surface area (Å²) in [6.45, 7) is 0. The lowest BCUT2D eigenvalue weighted by atomic mass is 9.90. The van der Waals surface area contributed by atoms with E-state index in [1.165, 1.54) is 5.56 Å². The maximum Gasteiger partial charge on any atom is 0.227 e. The fourth-order valence-corrected chi connectivity index (χ4v) is 3.78.